The van der Waals surface area contributed by atoms with Crippen LogP contribution in [0.5, 0.6) is 11.5 Å². The van der Waals surface area contributed by atoms with Crippen LogP contribution in [0.1, 0.15) is 30.9 Å². The highest BCUT2D eigenvalue weighted by Crippen LogP contribution is 2.32. The lowest BCUT2D eigenvalue weighted by Gasteiger charge is -2.13. The molecule has 0 aromatic heterocycles. The average Bonchev–Trinajstić information content (AvgIpc) is 2.35. The Morgan fingerprint density at radius 1 is 1.10 bits per heavy atom. The minimum Gasteiger partial charge on any atom is -0.455 e. The molecule has 2 aromatic rings. The fraction of sp³-hybridized carbons (Fsp3) is 0.250. The zero-order valence-electron chi connectivity index (χ0n) is 11.7. The molecule has 0 amide bonds. The standard InChI is InChI=1S/C16H17F2NO/c1-9(2)13-5-4-12(6-10(13)3)20-15-8-11(17)7-14(18)16(15)19/h4-9H,19H2,1-3H3. The third-order valence-corrected chi connectivity index (χ3v) is 3.15. The molecule has 0 atom stereocenters. The second kappa shape index (κ2) is 5.49. The van der Waals surface area contributed by atoms with Gasteiger partial charge < -0.3 is 10.5 Å². The van der Waals surface area contributed by atoms with Gasteiger partial charge in [-0.2, -0.15) is 0 Å². The van der Waals surface area contributed by atoms with E-state index in [1.165, 1.54) is 5.56 Å². The number of ether oxygens (including phenoxy) is 1. The minimum atomic E-state index is -0.824. The Kier molecular flexibility index (Phi) is 3.93. The van der Waals surface area contributed by atoms with Crippen LogP contribution in [0.25, 0.3) is 0 Å². The van der Waals surface area contributed by atoms with Crippen molar-refractivity contribution < 1.29 is 13.5 Å². The summed E-state index contributed by atoms with van der Waals surface area (Å²) in [6, 6.07) is 7.35. The van der Waals surface area contributed by atoms with Crippen molar-refractivity contribution in [1.29, 1.82) is 0 Å². The Balaban J connectivity index is 2.33. The summed E-state index contributed by atoms with van der Waals surface area (Å²) in [6.07, 6.45) is 0. The molecule has 0 aliphatic carbocycles. The fourth-order valence-electron chi connectivity index (χ4n) is 2.13. The summed E-state index contributed by atoms with van der Waals surface area (Å²) in [4.78, 5) is 0. The van der Waals surface area contributed by atoms with Gasteiger partial charge in [0.05, 0.1) is 0 Å². The number of anilines is 1. The van der Waals surface area contributed by atoms with E-state index in [9.17, 15) is 8.78 Å². The van der Waals surface area contributed by atoms with Gasteiger partial charge in [0, 0.05) is 12.1 Å². The number of hydrogen-bond donors (Lipinski definition) is 1. The van der Waals surface area contributed by atoms with Crippen molar-refractivity contribution >= 4 is 5.69 Å². The van der Waals surface area contributed by atoms with Gasteiger partial charge in [0.25, 0.3) is 0 Å². The van der Waals surface area contributed by atoms with Gasteiger partial charge in [-0.3, -0.25) is 0 Å². The lowest BCUT2D eigenvalue weighted by atomic mass is 9.98. The zero-order chi connectivity index (χ0) is 14.9. The number of benzene rings is 2. The molecule has 2 rings (SSSR count). The van der Waals surface area contributed by atoms with Crippen molar-refractivity contribution in [3.63, 3.8) is 0 Å². The van der Waals surface area contributed by atoms with Gasteiger partial charge in [0.15, 0.2) is 11.6 Å². The number of aryl methyl sites for hydroxylation is 1. The number of hydrogen-bond acceptors (Lipinski definition) is 2. The first-order valence-corrected chi connectivity index (χ1v) is 6.41. The summed E-state index contributed by atoms with van der Waals surface area (Å²) in [5, 5.41) is 0. The highest BCUT2D eigenvalue weighted by molar-refractivity contribution is 5.55. The van der Waals surface area contributed by atoms with Gasteiger partial charge in [-0.25, -0.2) is 8.78 Å². The minimum absolute atomic E-state index is 0.0146. The molecule has 2 aromatic carbocycles. The van der Waals surface area contributed by atoms with E-state index in [1.807, 2.05) is 19.1 Å². The molecule has 0 fully saturated rings. The summed E-state index contributed by atoms with van der Waals surface area (Å²) in [6.45, 7) is 6.17. The summed E-state index contributed by atoms with van der Waals surface area (Å²) in [5.41, 5.74) is 7.62. The SMILES string of the molecule is Cc1cc(Oc2cc(F)cc(F)c2N)ccc1C(C)C. The first-order chi connectivity index (χ1) is 9.38. The Morgan fingerprint density at radius 3 is 2.40 bits per heavy atom. The molecule has 0 saturated heterocycles. The van der Waals surface area contributed by atoms with Crippen molar-refractivity contribution in [2.75, 3.05) is 5.73 Å². The van der Waals surface area contributed by atoms with Gasteiger partial charge in [-0.05, 0) is 36.1 Å². The Labute approximate surface area is 117 Å². The van der Waals surface area contributed by atoms with Crippen molar-refractivity contribution in [2.45, 2.75) is 26.7 Å². The topological polar surface area (TPSA) is 35.2 Å². The normalized spacial score (nSPS) is 10.9. The Hall–Kier alpha value is -2.10. The van der Waals surface area contributed by atoms with Crippen LogP contribution in [0.15, 0.2) is 30.3 Å². The van der Waals surface area contributed by atoms with Gasteiger partial charge in [0.1, 0.15) is 17.3 Å². The van der Waals surface area contributed by atoms with E-state index >= 15 is 0 Å². The number of nitrogen functional groups attached to an aromatic ring is 1. The molecule has 106 valence electrons. The highest BCUT2D eigenvalue weighted by atomic mass is 19.1. The monoisotopic (exact) mass is 277 g/mol. The van der Waals surface area contributed by atoms with Crippen LogP contribution < -0.4 is 10.5 Å². The van der Waals surface area contributed by atoms with E-state index in [-0.39, 0.29) is 11.4 Å². The van der Waals surface area contributed by atoms with E-state index in [0.717, 1.165) is 17.7 Å². The molecule has 0 unspecified atom stereocenters. The van der Waals surface area contributed by atoms with Gasteiger partial charge >= 0.3 is 0 Å². The third-order valence-electron chi connectivity index (χ3n) is 3.15. The second-order valence-corrected chi connectivity index (χ2v) is 5.07. The van der Waals surface area contributed by atoms with E-state index in [0.29, 0.717) is 11.7 Å². The Bertz CT molecular complexity index is 639. The number of rotatable bonds is 3. The molecule has 0 aliphatic rings. The van der Waals surface area contributed by atoms with Crippen LogP contribution in [0, 0.1) is 18.6 Å². The summed E-state index contributed by atoms with van der Waals surface area (Å²) >= 11 is 0. The van der Waals surface area contributed by atoms with Crippen LogP contribution in [-0.2, 0) is 0 Å². The number of halogens is 2. The van der Waals surface area contributed by atoms with Crippen LogP contribution in [-0.4, -0.2) is 0 Å². The van der Waals surface area contributed by atoms with Crippen LogP contribution in [0.4, 0.5) is 14.5 Å². The lowest BCUT2D eigenvalue weighted by molar-refractivity contribution is 0.471. The molecule has 2 N–H and O–H groups in total. The molecular weight excluding hydrogens is 260 g/mol. The maximum atomic E-state index is 13.3. The average molecular weight is 277 g/mol. The first kappa shape index (κ1) is 14.3. The van der Waals surface area contributed by atoms with Crippen molar-refractivity contribution in [3.05, 3.63) is 53.1 Å². The maximum Gasteiger partial charge on any atom is 0.156 e. The van der Waals surface area contributed by atoms with Crippen molar-refractivity contribution in [3.8, 4) is 11.5 Å². The van der Waals surface area contributed by atoms with Gasteiger partial charge in [-0.1, -0.05) is 19.9 Å². The van der Waals surface area contributed by atoms with Crippen LogP contribution >= 0.6 is 0 Å². The van der Waals surface area contributed by atoms with E-state index in [4.69, 9.17) is 10.5 Å². The first-order valence-electron chi connectivity index (χ1n) is 6.41. The third kappa shape index (κ3) is 2.90. The summed E-state index contributed by atoms with van der Waals surface area (Å²) < 4.78 is 32.0. The summed E-state index contributed by atoms with van der Waals surface area (Å²) in [7, 11) is 0. The molecular formula is C16H17F2NO. The zero-order valence-corrected chi connectivity index (χ0v) is 11.7. The van der Waals surface area contributed by atoms with Crippen LogP contribution in [0.3, 0.4) is 0 Å². The van der Waals surface area contributed by atoms with Crippen molar-refractivity contribution in [1.82, 2.24) is 0 Å². The lowest BCUT2D eigenvalue weighted by Crippen LogP contribution is -1.98. The van der Waals surface area contributed by atoms with E-state index in [1.54, 1.807) is 6.07 Å². The molecule has 0 aliphatic heterocycles. The smallest absolute Gasteiger partial charge is 0.156 e. The summed E-state index contributed by atoms with van der Waals surface area (Å²) in [5.74, 6) is -0.652. The largest absolute Gasteiger partial charge is 0.455 e. The molecule has 0 spiro atoms. The van der Waals surface area contributed by atoms with Gasteiger partial charge in [0.2, 0.25) is 0 Å². The highest BCUT2D eigenvalue weighted by Gasteiger charge is 2.11. The van der Waals surface area contributed by atoms with E-state index in [2.05, 4.69) is 13.8 Å². The predicted octanol–water partition coefficient (Wildman–Crippen LogP) is 4.77. The fourth-order valence-corrected chi connectivity index (χ4v) is 2.13. The molecule has 2 nitrogen and oxygen atoms in total. The maximum absolute atomic E-state index is 13.3. The molecule has 0 heterocycles. The second-order valence-electron chi connectivity index (χ2n) is 5.07. The molecule has 0 radical (unpaired) electrons. The Morgan fingerprint density at radius 2 is 1.80 bits per heavy atom. The van der Waals surface area contributed by atoms with Crippen LogP contribution in [0.2, 0.25) is 0 Å². The van der Waals surface area contributed by atoms with Gasteiger partial charge in [-0.15, -0.1) is 0 Å². The molecule has 4 heteroatoms. The van der Waals surface area contributed by atoms with E-state index < -0.39 is 11.6 Å². The molecule has 0 saturated carbocycles. The molecule has 0 bridgehead atoms. The molecule has 20 heavy (non-hydrogen) atoms. The van der Waals surface area contributed by atoms with Crippen molar-refractivity contribution in [2.24, 2.45) is 0 Å². The predicted molar refractivity (Wildman–Crippen MR) is 76.1 cm³/mol. The quantitative estimate of drug-likeness (QED) is 0.820. The number of nitrogens with two attached hydrogens (primary N) is 1.